The number of anilines is 2. The lowest BCUT2D eigenvalue weighted by Gasteiger charge is -2.08. The molecule has 3 aromatic rings. The number of fused-ring (bicyclic) bond motifs is 1. The van der Waals surface area contributed by atoms with Gasteiger partial charge in [-0.3, -0.25) is 0 Å². The van der Waals surface area contributed by atoms with Crippen LogP contribution in [0.5, 0.6) is 5.75 Å². The second kappa shape index (κ2) is 4.37. The van der Waals surface area contributed by atoms with Gasteiger partial charge in [-0.15, -0.1) is 0 Å². The Morgan fingerprint density at radius 2 is 1.83 bits per heavy atom. The van der Waals surface area contributed by atoms with Crippen molar-refractivity contribution in [1.29, 1.82) is 0 Å². The van der Waals surface area contributed by atoms with Gasteiger partial charge in [0.05, 0.1) is 0 Å². The van der Waals surface area contributed by atoms with Crippen LogP contribution in [0.3, 0.4) is 0 Å². The van der Waals surface area contributed by atoms with Crippen LogP contribution in [0.25, 0.3) is 10.8 Å². The third-order valence-corrected chi connectivity index (χ3v) is 2.78. The van der Waals surface area contributed by atoms with Crippen molar-refractivity contribution >= 4 is 22.3 Å². The fourth-order valence-corrected chi connectivity index (χ4v) is 1.94. The number of phenolic OH excluding ortho intramolecular Hbond substituents is 1. The fraction of sp³-hybridized carbons (Fsp3) is 0. The number of pyridine rings is 1. The van der Waals surface area contributed by atoms with Crippen molar-refractivity contribution in [3.05, 3.63) is 60.8 Å². The van der Waals surface area contributed by atoms with E-state index in [0.29, 0.717) is 0 Å². The minimum Gasteiger partial charge on any atom is -0.508 e. The van der Waals surface area contributed by atoms with Gasteiger partial charge in [0.15, 0.2) is 0 Å². The Labute approximate surface area is 105 Å². The Hall–Kier alpha value is -2.55. The molecular weight excluding hydrogens is 224 g/mol. The van der Waals surface area contributed by atoms with E-state index in [0.717, 1.165) is 22.3 Å². The SMILES string of the molecule is Oc1cccc(Nc2nccc3ccccc23)c1. The number of aromatic hydroxyl groups is 1. The molecule has 0 aliphatic rings. The molecule has 88 valence electrons. The van der Waals surface area contributed by atoms with Gasteiger partial charge in [0.1, 0.15) is 11.6 Å². The summed E-state index contributed by atoms with van der Waals surface area (Å²) in [6.07, 6.45) is 1.77. The van der Waals surface area contributed by atoms with Crippen LogP contribution in [0.2, 0.25) is 0 Å². The molecule has 0 aliphatic carbocycles. The molecule has 3 heteroatoms. The van der Waals surface area contributed by atoms with Gasteiger partial charge in [-0.2, -0.15) is 0 Å². The summed E-state index contributed by atoms with van der Waals surface area (Å²) in [5.74, 6) is 1.03. The van der Waals surface area contributed by atoms with Crippen molar-refractivity contribution in [3.8, 4) is 5.75 Å². The smallest absolute Gasteiger partial charge is 0.138 e. The predicted octanol–water partition coefficient (Wildman–Crippen LogP) is 3.68. The Morgan fingerprint density at radius 1 is 0.944 bits per heavy atom. The molecule has 3 nitrogen and oxygen atoms in total. The molecule has 2 aromatic carbocycles. The molecule has 1 aromatic heterocycles. The zero-order valence-electron chi connectivity index (χ0n) is 9.67. The first kappa shape index (κ1) is 10.6. The Bertz CT molecular complexity index is 689. The maximum atomic E-state index is 9.44. The number of benzene rings is 2. The first-order chi connectivity index (χ1) is 8.83. The highest BCUT2D eigenvalue weighted by molar-refractivity contribution is 5.93. The zero-order chi connectivity index (χ0) is 12.4. The van der Waals surface area contributed by atoms with Crippen LogP contribution < -0.4 is 5.32 Å². The second-order valence-corrected chi connectivity index (χ2v) is 4.06. The standard InChI is InChI=1S/C15H12N2O/c18-13-6-3-5-12(10-13)17-15-14-7-2-1-4-11(14)8-9-16-15/h1-10,18H,(H,16,17). The zero-order valence-corrected chi connectivity index (χ0v) is 9.67. The molecule has 0 fully saturated rings. The molecule has 18 heavy (non-hydrogen) atoms. The molecule has 3 rings (SSSR count). The largest absolute Gasteiger partial charge is 0.508 e. The molecule has 0 saturated heterocycles. The molecule has 0 radical (unpaired) electrons. The summed E-state index contributed by atoms with van der Waals surface area (Å²) in [6, 6.07) is 17.0. The molecule has 0 saturated carbocycles. The summed E-state index contributed by atoms with van der Waals surface area (Å²) in [4.78, 5) is 4.34. The van der Waals surface area contributed by atoms with Gasteiger partial charge in [-0.05, 0) is 23.6 Å². The highest BCUT2D eigenvalue weighted by Crippen LogP contribution is 2.25. The average Bonchev–Trinajstić information content (AvgIpc) is 2.39. The molecule has 2 N–H and O–H groups in total. The summed E-state index contributed by atoms with van der Waals surface area (Å²) in [5, 5.41) is 14.9. The van der Waals surface area contributed by atoms with E-state index >= 15 is 0 Å². The molecule has 1 heterocycles. The second-order valence-electron chi connectivity index (χ2n) is 4.06. The monoisotopic (exact) mass is 236 g/mol. The molecule has 0 amide bonds. The summed E-state index contributed by atoms with van der Waals surface area (Å²) in [6.45, 7) is 0. The van der Waals surface area contributed by atoms with E-state index in [9.17, 15) is 5.11 Å². The fourth-order valence-electron chi connectivity index (χ4n) is 1.94. The van der Waals surface area contributed by atoms with Gasteiger partial charge < -0.3 is 10.4 Å². The van der Waals surface area contributed by atoms with Gasteiger partial charge in [-0.1, -0.05) is 30.3 Å². The van der Waals surface area contributed by atoms with Crippen molar-refractivity contribution in [2.45, 2.75) is 0 Å². The van der Waals surface area contributed by atoms with Crippen molar-refractivity contribution in [2.75, 3.05) is 5.32 Å². The van der Waals surface area contributed by atoms with E-state index in [-0.39, 0.29) is 5.75 Å². The molecule has 0 bridgehead atoms. The first-order valence-electron chi connectivity index (χ1n) is 5.73. The van der Waals surface area contributed by atoms with Crippen molar-refractivity contribution < 1.29 is 5.11 Å². The van der Waals surface area contributed by atoms with Crippen LogP contribution in [0, 0.1) is 0 Å². The Kier molecular flexibility index (Phi) is 2.57. The lowest BCUT2D eigenvalue weighted by atomic mass is 10.1. The van der Waals surface area contributed by atoms with Gasteiger partial charge in [0.25, 0.3) is 0 Å². The summed E-state index contributed by atoms with van der Waals surface area (Å²) < 4.78 is 0. The highest BCUT2D eigenvalue weighted by Gasteiger charge is 2.02. The van der Waals surface area contributed by atoms with Crippen LogP contribution in [0.1, 0.15) is 0 Å². The number of hydrogen-bond acceptors (Lipinski definition) is 3. The number of nitrogens with zero attached hydrogens (tertiary/aromatic N) is 1. The van der Waals surface area contributed by atoms with E-state index in [2.05, 4.69) is 10.3 Å². The molecule has 0 aliphatic heterocycles. The quantitative estimate of drug-likeness (QED) is 0.713. The third kappa shape index (κ3) is 1.98. The topological polar surface area (TPSA) is 45.1 Å². The minimum absolute atomic E-state index is 0.236. The maximum Gasteiger partial charge on any atom is 0.138 e. The number of hydrogen-bond donors (Lipinski definition) is 2. The Balaban J connectivity index is 2.05. The van der Waals surface area contributed by atoms with E-state index < -0.39 is 0 Å². The van der Waals surface area contributed by atoms with Crippen LogP contribution in [-0.4, -0.2) is 10.1 Å². The van der Waals surface area contributed by atoms with Gasteiger partial charge in [0.2, 0.25) is 0 Å². The molecule has 0 unspecified atom stereocenters. The van der Waals surface area contributed by atoms with Gasteiger partial charge >= 0.3 is 0 Å². The van der Waals surface area contributed by atoms with Crippen molar-refractivity contribution in [3.63, 3.8) is 0 Å². The lowest BCUT2D eigenvalue weighted by molar-refractivity contribution is 0.475. The number of rotatable bonds is 2. The van der Waals surface area contributed by atoms with Crippen molar-refractivity contribution in [2.24, 2.45) is 0 Å². The number of phenols is 1. The lowest BCUT2D eigenvalue weighted by Crippen LogP contribution is -1.94. The first-order valence-corrected chi connectivity index (χ1v) is 5.73. The van der Waals surface area contributed by atoms with E-state index in [1.807, 2.05) is 36.4 Å². The molecule has 0 atom stereocenters. The maximum absolute atomic E-state index is 9.44. The van der Waals surface area contributed by atoms with E-state index in [1.54, 1.807) is 24.4 Å². The average molecular weight is 236 g/mol. The third-order valence-electron chi connectivity index (χ3n) is 2.78. The van der Waals surface area contributed by atoms with Crippen LogP contribution >= 0.6 is 0 Å². The van der Waals surface area contributed by atoms with Gasteiger partial charge in [-0.25, -0.2) is 4.98 Å². The normalized spacial score (nSPS) is 10.4. The highest BCUT2D eigenvalue weighted by atomic mass is 16.3. The van der Waals surface area contributed by atoms with E-state index in [1.165, 1.54) is 0 Å². The van der Waals surface area contributed by atoms with Crippen LogP contribution in [0.4, 0.5) is 11.5 Å². The Morgan fingerprint density at radius 3 is 2.72 bits per heavy atom. The van der Waals surface area contributed by atoms with Gasteiger partial charge in [0, 0.05) is 23.3 Å². The van der Waals surface area contributed by atoms with Crippen LogP contribution in [0.15, 0.2) is 60.8 Å². The summed E-state index contributed by atoms with van der Waals surface area (Å²) in [7, 11) is 0. The number of nitrogens with one attached hydrogen (secondary N) is 1. The number of aromatic nitrogens is 1. The molecule has 0 spiro atoms. The summed E-state index contributed by atoms with van der Waals surface area (Å²) in [5.41, 5.74) is 0.818. The van der Waals surface area contributed by atoms with Crippen molar-refractivity contribution in [1.82, 2.24) is 4.98 Å². The van der Waals surface area contributed by atoms with Crippen LogP contribution in [-0.2, 0) is 0 Å². The minimum atomic E-state index is 0.236. The predicted molar refractivity (Wildman–Crippen MR) is 73.1 cm³/mol. The molecular formula is C15H12N2O. The van der Waals surface area contributed by atoms with E-state index in [4.69, 9.17) is 0 Å². The summed E-state index contributed by atoms with van der Waals surface area (Å²) >= 11 is 0.